The van der Waals surface area contributed by atoms with Crippen molar-refractivity contribution < 1.29 is 9.90 Å². The number of rotatable bonds is 3. The van der Waals surface area contributed by atoms with Gasteiger partial charge in [-0.3, -0.25) is 4.79 Å². The van der Waals surface area contributed by atoms with Crippen molar-refractivity contribution in [1.29, 1.82) is 0 Å². The lowest BCUT2D eigenvalue weighted by molar-refractivity contribution is -0.117. The molecule has 0 spiro atoms. The van der Waals surface area contributed by atoms with Crippen LogP contribution in [0.2, 0.25) is 0 Å². The van der Waals surface area contributed by atoms with Crippen LogP contribution in [0, 0.1) is 0 Å². The zero-order chi connectivity index (χ0) is 11.5. The largest absolute Gasteiger partial charge is 0.392 e. The van der Waals surface area contributed by atoms with E-state index in [1.54, 1.807) is 26.0 Å². The van der Waals surface area contributed by atoms with Gasteiger partial charge >= 0.3 is 0 Å². The summed E-state index contributed by atoms with van der Waals surface area (Å²) in [5, 5.41) is 11.8. The predicted molar refractivity (Wildman–Crippen MR) is 64.0 cm³/mol. The molecule has 0 aliphatic carbocycles. The summed E-state index contributed by atoms with van der Waals surface area (Å²) in [4.78, 5) is 11.7. The Bertz CT molecular complexity index is 358. The number of carbonyl (C=O) groups is 1. The molecule has 2 N–H and O–H groups in total. The average Bonchev–Trinajstić information content (AvgIpc) is 2.17. The van der Waals surface area contributed by atoms with Crippen LogP contribution in [0.4, 0.5) is 5.69 Å². The SMILES string of the molecule is CC(C)(Br)C(=O)Nc1ccccc1CO. The molecule has 0 atom stereocenters. The van der Waals surface area contributed by atoms with Gasteiger partial charge in [0.25, 0.3) is 0 Å². The lowest BCUT2D eigenvalue weighted by Crippen LogP contribution is -2.31. The van der Waals surface area contributed by atoms with E-state index in [0.717, 1.165) is 0 Å². The van der Waals surface area contributed by atoms with E-state index in [4.69, 9.17) is 5.11 Å². The van der Waals surface area contributed by atoms with Crippen LogP contribution in [0.3, 0.4) is 0 Å². The monoisotopic (exact) mass is 271 g/mol. The Balaban J connectivity index is 2.85. The molecule has 0 fully saturated rings. The molecule has 0 aliphatic rings. The Kier molecular flexibility index (Phi) is 3.88. The summed E-state index contributed by atoms with van der Waals surface area (Å²) in [6, 6.07) is 7.18. The van der Waals surface area contributed by atoms with Gasteiger partial charge in [-0.15, -0.1) is 0 Å². The Morgan fingerprint density at radius 3 is 2.60 bits per heavy atom. The van der Waals surface area contributed by atoms with Gasteiger partial charge in [-0.05, 0) is 19.9 Å². The van der Waals surface area contributed by atoms with Crippen molar-refractivity contribution in [1.82, 2.24) is 0 Å². The van der Waals surface area contributed by atoms with E-state index in [2.05, 4.69) is 21.2 Å². The molecule has 0 unspecified atom stereocenters. The topological polar surface area (TPSA) is 49.3 Å². The highest BCUT2D eigenvalue weighted by Gasteiger charge is 2.23. The van der Waals surface area contributed by atoms with Gasteiger partial charge in [0.1, 0.15) is 0 Å². The zero-order valence-electron chi connectivity index (χ0n) is 8.75. The maximum Gasteiger partial charge on any atom is 0.240 e. The molecule has 0 bridgehead atoms. The third-order valence-electron chi connectivity index (χ3n) is 1.98. The van der Waals surface area contributed by atoms with Crippen LogP contribution in [0.5, 0.6) is 0 Å². The fourth-order valence-corrected chi connectivity index (χ4v) is 1.15. The van der Waals surface area contributed by atoms with Crippen molar-refractivity contribution in [3.05, 3.63) is 29.8 Å². The number of nitrogens with one attached hydrogen (secondary N) is 1. The number of carbonyl (C=O) groups excluding carboxylic acids is 1. The number of aliphatic hydroxyl groups excluding tert-OH is 1. The average molecular weight is 272 g/mol. The molecule has 0 saturated heterocycles. The summed E-state index contributed by atoms with van der Waals surface area (Å²) in [5.41, 5.74) is 1.36. The van der Waals surface area contributed by atoms with E-state index in [9.17, 15) is 4.79 Å². The summed E-state index contributed by atoms with van der Waals surface area (Å²) in [5.74, 6) is -0.136. The highest BCUT2D eigenvalue weighted by atomic mass is 79.9. The standard InChI is InChI=1S/C11H14BrNO2/c1-11(2,12)10(15)13-9-6-4-3-5-8(9)7-14/h3-6,14H,7H2,1-2H3,(H,13,15). The number of hydrogen-bond donors (Lipinski definition) is 2. The Hall–Kier alpha value is -0.870. The smallest absolute Gasteiger partial charge is 0.240 e. The molecule has 0 radical (unpaired) electrons. The van der Waals surface area contributed by atoms with Gasteiger partial charge in [0.15, 0.2) is 0 Å². The molecule has 15 heavy (non-hydrogen) atoms. The molecular formula is C11H14BrNO2. The quantitative estimate of drug-likeness (QED) is 0.829. The fourth-order valence-electron chi connectivity index (χ4n) is 1.05. The molecule has 4 heteroatoms. The van der Waals surface area contributed by atoms with Gasteiger partial charge in [0.2, 0.25) is 5.91 Å². The number of halogens is 1. The molecular weight excluding hydrogens is 258 g/mol. The minimum atomic E-state index is -0.616. The summed E-state index contributed by atoms with van der Waals surface area (Å²) in [6.45, 7) is 3.45. The number of para-hydroxylation sites is 1. The molecule has 0 aliphatic heterocycles. The second-order valence-corrected chi connectivity index (χ2v) is 5.72. The lowest BCUT2D eigenvalue weighted by Gasteiger charge is -2.17. The van der Waals surface area contributed by atoms with Crippen LogP contribution < -0.4 is 5.32 Å². The minimum Gasteiger partial charge on any atom is -0.392 e. The predicted octanol–water partition coefficient (Wildman–Crippen LogP) is 2.29. The van der Waals surface area contributed by atoms with E-state index >= 15 is 0 Å². The maximum atomic E-state index is 11.7. The number of amides is 1. The Morgan fingerprint density at radius 1 is 1.47 bits per heavy atom. The van der Waals surface area contributed by atoms with E-state index in [1.165, 1.54) is 0 Å². The summed E-state index contributed by atoms with van der Waals surface area (Å²) >= 11 is 3.27. The van der Waals surface area contributed by atoms with Crippen molar-refractivity contribution in [2.24, 2.45) is 0 Å². The van der Waals surface area contributed by atoms with Crippen molar-refractivity contribution in [3.63, 3.8) is 0 Å². The van der Waals surface area contributed by atoms with Gasteiger partial charge < -0.3 is 10.4 Å². The molecule has 82 valence electrons. The molecule has 0 saturated carbocycles. The number of hydrogen-bond acceptors (Lipinski definition) is 2. The highest BCUT2D eigenvalue weighted by molar-refractivity contribution is 9.10. The van der Waals surface area contributed by atoms with Gasteiger partial charge in [0, 0.05) is 11.3 Å². The molecule has 1 aromatic carbocycles. The third-order valence-corrected chi connectivity index (χ3v) is 2.34. The lowest BCUT2D eigenvalue weighted by atomic mass is 10.1. The molecule has 1 rings (SSSR count). The molecule has 0 heterocycles. The first-order valence-electron chi connectivity index (χ1n) is 4.64. The first-order valence-corrected chi connectivity index (χ1v) is 5.43. The Labute approximate surface area is 97.6 Å². The van der Waals surface area contributed by atoms with E-state index in [1.807, 2.05) is 12.1 Å². The number of benzene rings is 1. The van der Waals surface area contributed by atoms with Crippen LogP contribution >= 0.6 is 15.9 Å². The number of alkyl halides is 1. The zero-order valence-corrected chi connectivity index (χ0v) is 10.3. The summed E-state index contributed by atoms with van der Waals surface area (Å²) in [7, 11) is 0. The molecule has 1 aromatic rings. The molecule has 1 amide bonds. The maximum absolute atomic E-state index is 11.7. The third kappa shape index (κ3) is 3.32. The summed E-state index contributed by atoms with van der Waals surface area (Å²) < 4.78 is -0.616. The van der Waals surface area contributed by atoms with Crippen LogP contribution in [-0.2, 0) is 11.4 Å². The van der Waals surface area contributed by atoms with Gasteiger partial charge in [-0.2, -0.15) is 0 Å². The highest BCUT2D eigenvalue weighted by Crippen LogP contribution is 2.21. The van der Waals surface area contributed by atoms with Gasteiger partial charge in [-0.1, -0.05) is 34.1 Å². The van der Waals surface area contributed by atoms with Crippen molar-refractivity contribution in [3.8, 4) is 0 Å². The molecule has 0 aromatic heterocycles. The fraction of sp³-hybridized carbons (Fsp3) is 0.364. The second kappa shape index (κ2) is 4.77. The van der Waals surface area contributed by atoms with E-state index in [-0.39, 0.29) is 12.5 Å². The number of aliphatic hydroxyl groups is 1. The molecule has 3 nitrogen and oxygen atoms in total. The first kappa shape index (κ1) is 12.2. The normalized spacial score (nSPS) is 11.2. The van der Waals surface area contributed by atoms with Gasteiger partial charge in [-0.25, -0.2) is 0 Å². The van der Waals surface area contributed by atoms with Crippen molar-refractivity contribution >= 4 is 27.5 Å². The van der Waals surface area contributed by atoms with Crippen molar-refractivity contribution in [2.45, 2.75) is 24.8 Å². The Morgan fingerprint density at radius 2 is 2.07 bits per heavy atom. The van der Waals surface area contributed by atoms with Gasteiger partial charge in [0.05, 0.1) is 10.9 Å². The van der Waals surface area contributed by atoms with E-state index < -0.39 is 4.32 Å². The summed E-state index contributed by atoms with van der Waals surface area (Å²) in [6.07, 6.45) is 0. The van der Waals surface area contributed by atoms with Crippen LogP contribution in [0.1, 0.15) is 19.4 Å². The minimum absolute atomic E-state index is 0.0842. The second-order valence-electron chi connectivity index (χ2n) is 3.74. The van der Waals surface area contributed by atoms with Crippen molar-refractivity contribution in [2.75, 3.05) is 5.32 Å². The van der Waals surface area contributed by atoms with Crippen LogP contribution in [0.15, 0.2) is 24.3 Å². The van der Waals surface area contributed by atoms with E-state index in [0.29, 0.717) is 11.3 Å². The van der Waals surface area contributed by atoms with Crippen LogP contribution in [0.25, 0.3) is 0 Å². The first-order chi connectivity index (χ1) is 6.95. The van der Waals surface area contributed by atoms with Crippen LogP contribution in [-0.4, -0.2) is 15.3 Å². The number of anilines is 1.